The van der Waals surface area contributed by atoms with Gasteiger partial charge in [-0.3, -0.25) is 9.63 Å². The van der Waals surface area contributed by atoms with E-state index >= 15 is 0 Å². The van der Waals surface area contributed by atoms with Gasteiger partial charge in [0.05, 0.1) is 13.2 Å². The van der Waals surface area contributed by atoms with Crippen LogP contribution in [-0.4, -0.2) is 18.7 Å². The molecule has 98 valence electrons. The Morgan fingerprint density at radius 3 is 2.78 bits per heavy atom. The van der Waals surface area contributed by atoms with Crippen LogP contribution in [0.5, 0.6) is 0 Å². The molecular weight excluding hydrogens is 251 g/mol. The number of rotatable bonds is 3. The number of alkyl halides is 3. The standard InChI is InChI=1S/C11H10F3NO3/c12-11(13,14)6-18-15-10(16)7-1-2-8-4-17-5-9(8)3-7/h1-3H,4-6H2,(H,15,16). The lowest BCUT2D eigenvalue weighted by Gasteiger charge is -2.08. The fraction of sp³-hybridized carbons (Fsp3) is 0.364. The van der Waals surface area contributed by atoms with Crippen molar-refractivity contribution >= 4 is 5.91 Å². The monoisotopic (exact) mass is 261 g/mol. The first-order valence-corrected chi connectivity index (χ1v) is 5.14. The van der Waals surface area contributed by atoms with Crippen molar-refractivity contribution in [2.24, 2.45) is 0 Å². The van der Waals surface area contributed by atoms with Crippen LogP contribution in [0.1, 0.15) is 21.5 Å². The van der Waals surface area contributed by atoms with Crippen LogP contribution in [0.4, 0.5) is 13.2 Å². The van der Waals surface area contributed by atoms with Crippen molar-refractivity contribution in [2.75, 3.05) is 6.61 Å². The topological polar surface area (TPSA) is 47.6 Å². The lowest BCUT2D eigenvalue weighted by atomic mass is 10.1. The fourth-order valence-corrected chi connectivity index (χ4v) is 1.56. The van der Waals surface area contributed by atoms with E-state index in [1.807, 2.05) is 0 Å². The summed E-state index contributed by atoms with van der Waals surface area (Å²) in [4.78, 5) is 15.6. The number of carbonyl (C=O) groups is 1. The SMILES string of the molecule is O=C(NOCC(F)(F)F)c1ccc2c(c1)COC2. The minimum atomic E-state index is -4.47. The van der Waals surface area contributed by atoms with Crippen LogP contribution in [0.3, 0.4) is 0 Å². The zero-order valence-electron chi connectivity index (χ0n) is 9.21. The molecule has 0 saturated carbocycles. The molecule has 0 aliphatic carbocycles. The van der Waals surface area contributed by atoms with Crippen LogP contribution < -0.4 is 5.48 Å². The Kier molecular flexibility index (Phi) is 3.53. The van der Waals surface area contributed by atoms with Gasteiger partial charge in [-0.05, 0) is 23.3 Å². The van der Waals surface area contributed by atoms with Gasteiger partial charge in [-0.25, -0.2) is 5.48 Å². The van der Waals surface area contributed by atoms with Crippen LogP contribution in [0.25, 0.3) is 0 Å². The van der Waals surface area contributed by atoms with Gasteiger partial charge < -0.3 is 4.74 Å². The van der Waals surface area contributed by atoms with Crippen LogP contribution in [0.15, 0.2) is 18.2 Å². The third kappa shape index (κ3) is 3.21. The second kappa shape index (κ2) is 4.95. The van der Waals surface area contributed by atoms with Gasteiger partial charge in [0.1, 0.15) is 0 Å². The minimum absolute atomic E-state index is 0.237. The Morgan fingerprint density at radius 1 is 1.33 bits per heavy atom. The Bertz CT molecular complexity index is 459. The van der Waals surface area contributed by atoms with Crippen molar-refractivity contribution in [1.29, 1.82) is 0 Å². The zero-order valence-corrected chi connectivity index (χ0v) is 9.21. The summed E-state index contributed by atoms with van der Waals surface area (Å²) in [5.74, 6) is -0.714. The summed E-state index contributed by atoms with van der Waals surface area (Å²) < 4.78 is 40.6. The smallest absolute Gasteiger partial charge is 0.372 e. The van der Waals surface area contributed by atoms with Crippen LogP contribution in [-0.2, 0) is 22.8 Å². The molecule has 1 aromatic carbocycles. The number of hydrogen-bond acceptors (Lipinski definition) is 3. The number of amides is 1. The number of halogens is 3. The Hall–Kier alpha value is -1.60. The summed E-state index contributed by atoms with van der Waals surface area (Å²) in [5.41, 5.74) is 3.82. The zero-order chi connectivity index (χ0) is 13.2. The third-order valence-corrected chi connectivity index (χ3v) is 2.38. The highest BCUT2D eigenvalue weighted by Gasteiger charge is 2.28. The van der Waals surface area contributed by atoms with Gasteiger partial charge in [0.2, 0.25) is 0 Å². The van der Waals surface area contributed by atoms with Gasteiger partial charge >= 0.3 is 6.18 Å². The van der Waals surface area contributed by atoms with E-state index in [9.17, 15) is 18.0 Å². The Balaban J connectivity index is 1.93. The molecule has 0 bridgehead atoms. The predicted molar refractivity (Wildman–Crippen MR) is 54.4 cm³/mol. The molecule has 0 saturated heterocycles. The van der Waals surface area contributed by atoms with E-state index in [1.165, 1.54) is 6.07 Å². The van der Waals surface area contributed by atoms with Gasteiger partial charge in [0.15, 0.2) is 6.61 Å². The molecule has 0 aromatic heterocycles. The molecule has 1 N–H and O–H groups in total. The van der Waals surface area contributed by atoms with Crippen LogP contribution >= 0.6 is 0 Å². The average molecular weight is 261 g/mol. The molecule has 7 heteroatoms. The molecular formula is C11H10F3NO3. The molecule has 4 nitrogen and oxygen atoms in total. The number of nitrogens with one attached hydrogen (secondary N) is 1. The average Bonchev–Trinajstić information content (AvgIpc) is 2.73. The molecule has 1 aromatic rings. The first-order valence-electron chi connectivity index (χ1n) is 5.14. The van der Waals surface area contributed by atoms with Crippen LogP contribution in [0.2, 0.25) is 0 Å². The number of fused-ring (bicyclic) bond motifs is 1. The first kappa shape index (κ1) is 12.8. The normalized spacial score (nSPS) is 14.4. The molecule has 1 aliphatic rings. The summed E-state index contributed by atoms with van der Waals surface area (Å²) in [7, 11) is 0. The number of benzene rings is 1. The molecule has 0 unspecified atom stereocenters. The van der Waals surface area contributed by atoms with Gasteiger partial charge in [-0.2, -0.15) is 13.2 Å². The molecule has 1 aliphatic heterocycles. The fourth-order valence-electron chi connectivity index (χ4n) is 1.56. The molecule has 18 heavy (non-hydrogen) atoms. The van der Waals surface area contributed by atoms with Crippen molar-refractivity contribution in [2.45, 2.75) is 19.4 Å². The number of ether oxygens (including phenoxy) is 1. The predicted octanol–water partition coefficient (Wildman–Crippen LogP) is 1.94. The maximum absolute atomic E-state index is 11.8. The number of hydrogen-bond donors (Lipinski definition) is 1. The molecule has 1 heterocycles. The highest BCUT2D eigenvalue weighted by atomic mass is 19.4. The Morgan fingerprint density at radius 2 is 2.06 bits per heavy atom. The van der Waals surface area contributed by atoms with Gasteiger partial charge in [0.25, 0.3) is 5.91 Å². The van der Waals surface area contributed by atoms with Crippen molar-refractivity contribution in [3.05, 3.63) is 34.9 Å². The number of carbonyl (C=O) groups excluding carboxylic acids is 1. The maximum atomic E-state index is 11.8. The quantitative estimate of drug-likeness (QED) is 0.846. The molecule has 2 rings (SSSR count). The first-order chi connectivity index (χ1) is 8.46. The van der Waals surface area contributed by atoms with Gasteiger partial charge in [-0.1, -0.05) is 6.07 Å². The van der Waals surface area contributed by atoms with E-state index in [1.54, 1.807) is 17.6 Å². The van der Waals surface area contributed by atoms with Crippen LogP contribution in [0, 0.1) is 0 Å². The molecule has 0 fully saturated rings. The van der Waals surface area contributed by atoms with Gasteiger partial charge in [0, 0.05) is 5.56 Å². The highest BCUT2D eigenvalue weighted by molar-refractivity contribution is 5.93. The van der Waals surface area contributed by atoms with E-state index < -0.39 is 18.7 Å². The molecule has 0 radical (unpaired) electrons. The Labute approximate surface area is 101 Å². The summed E-state index contributed by atoms with van der Waals surface area (Å²) in [6.45, 7) is -0.630. The number of hydroxylamine groups is 1. The summed E-state index contributed by atoms with van der Waals surface area (Å²) in [5, 5.41) is 0. The van der Waals surface area contributed by atoms with Crippen molar-refractivity contribution in [3.8, 4) is 0 Å². The second-order valence-electron chi connectivity index (χ2n) is 3.81. The summed E-state index contributed by atoms with van der Waals surface area (Å²) >= 11 is 0. The van der Waals surface area contributed by atoms with Crippen molar-refractivity contribution in [1.82, 2.24) is 5.48 Å². The molecule has 0 atom stereocenters. The van der Waals surface area contributed by atoms with E-state index in [0.717, 1.165) is 11.1 Å². The second-order valence-corrected chi connectivity index (χ2v) is 3.81. The van der Waals surface area contributed by atoms with Gasteiger partial charge in [-0.15, -0.1) is 0 Å². The minimum Gasteiger partial charge on any atom is -0.372 e. The third-order valence-electron chi connectivity index (χ3n) is 2.38. The lowest BCUT2D eigenvalue weighted by molar-refractivity contribution is -0.184. The van der Waals surface area contributed by atoms with Crippen molar-refractivity contribution < 1.29 is 27.5 Å². The highest BCUT2D eigenvalue weighted by Crippen LogP contribution is 2.20. The van der Waals surface area contributed by atoms with E-state index in [0.29, 0.717) is 13.2 Å². The van der Waals surface area contributed by atoms with E-state index in [-0.39, 0.29) is 5.56 Å². The lowest BCUT2D eigenvalue weighted by Crippen LogP contribution is -2.29. The molecule has 0 spiro atoms. The maximum Gasteiger partial charge on any atom is 0.414 e. The van der Waals surface area contributed by atoms with E-state index in [2.05, 4.69) is 4.84 Å². The molecule has 1 amide bonds. The van der Waals surface area contributed by atoms with Crippen molar-refractivity contribution in [3.63, 3.8) is 0 Å². The summed E-state index contributed by atoms with van der Waals surface area (Å²) in [6, 6.07) is 4.80. The summed E-state index contributed by atoms with van der Waals surface area (Å²) in [6.07, 6.45) is -4.47. The largest absolute Gasteiger partial charge is 0.414 e. The van der Waals surface area contributed by atoms with E-state index in [4.69, 9.17) is 4.74 Å².